The van der Waals surface area contributed by atoms with Crippen molar-refractivity contribution in [3.63, 3.8) is 0 Å². The van der Waals surface area contributed by atoms with Crippen LogP contribution in [0.25, 0.3) is 0 Å². The van der Waals surface area contributed by atoms with Gasteiger partial charge in [-0.3, -0.25) is 0 Å². The molecule has 0 saturated heterocycles. The fraction of sp³-hybridized carbons (Fsp3) is 0.500. The van der Waals surface area contributed by atoms with E-state index in [2.05, 4.69) is 41.1 Å². The largest absolute Gasteiger partial charge is 0.321 e. The fourth-order valence-corrected chi connectivity index (χ4v) is 2.53. The van der Waals surface area contributed by atoms with Gasteiger partial charge in [-0.25, -0.2) is 0 Å². The molecule has 0 spiro atoms. The van der Waals surface area contributed by atoms with Crippen molar-refractivity contribution in [3.05, 3.63) is 33.8 Å². The summed E-state index contributed by atoms with van der Waals surface area (Å²) >= 11 is 3.54. The summed E-state index contributed by atoms with van der Waals surface area (Å²) in [5.74, 6) is 0. The molecule has 0 unspecified atom stereocenters. The summed E-state index contributed by atoms with van der Waals surface area (Å²) < 4.78 is 1.16. The predicted octanol–water partition coefficient (Wildman–Crippen LogP) is 3.35. The molecule has 1 aliphatic carbocycles. The van der Waals surface area contributed by atoms with E-state index < -0.39 is 0 Å². The lowest BCUT2D eigenvalue weighted by molar-refractivity contribution is 0.253. The predicted molar refractivity (Wildman–Crippen MR) is 63.2 cm³/mol. The van der Waals surface area contributed by atoms with E-state index >= 15 is 0 Å². The average molecular weight is 254 g/mol. The maximum atomic E-state index is 6.30. The molecule has 76 valence electrons. The van der Waals surface area contributed by atoms with Crippen molar-refractivity contribution in [1.82, 2.24) is 0 Å². The third kappa shape index (κ3) is 1.73. The van der Waals surface area contributed by atoms with Crippen LogP contribution in [-0.4, -0.2) is 0 Å². The minimum atomic E-state index is -0.0340. The first kappa shape index (κ1) is 10.2. The first-order valence-corrected chi connectivity index (χ1v) is 6.02. The molecule has 2 heteroatoms. The Morgan fingerprint density at radius 1 is 1.36 bits per heavy atom. The highest BCUT2D eigenvalue weighted by molar-refractivity contribution is 9.10. The molecule has 0 radical (unpaired) electrons. The fourth-order valence-electron chi connectivity index (χ4n) is 1.99. The lowest BCUT2D eigenvalue weighted by atomic mass is 9.72. The second-order valence-electron chi connectivity index (χ2n) is 4.21. The second kappa shape index (κ2) is 3.67. The molecule has 0 aliphatic heterocycles. The van der Waals surface area contributed by atoms with Crippen LogP contribution in [0.3, 0.4) is 0 Å². The van der Waals surface area contributed by atoms with Crippen molar-refractivity contribution in [2.24, 2.45) is 5.73 Å². The van der Waals surface area contributed by atoms with Gasteiger partial charge in [-0.2, -0.15) is 0 Å². The van der Waals surface area contributed by atoms with E-state index in [-0.39, 0.29) is 5.54 Å². The molecule has 1 fully saturated rings. The highest BCUT2D eigenvalue weighted by Crippen LogP contribution is 2.39. The Balaban J connectivity index is 2.37. The van der Waals surface area contributed by atoms with Gasteiger partial charge in [0, 0.05) is 10.0 Å². The van der Waals surface area contributed by atoms with Crippen molar-refractivity contribution in [2.45, 2.75) is 38.1 Å². The minimum absolute atomic E-state index is 0.0340. The van der Waals surface area contributed by atoms with Crippen molar-refractivity contribution < 1.29 is 0 Å². The van der Waals surface area contributed by atoms with E-state index in [1.54, 1.807) is 0 Å². The molecule has 1 aliphatic rings. The van der Waals surface area contributed by atoms with Crippen molar-refractivity contribution in [2.75, 3.05) is 0 Å². The minimum Gasteiger partial charge on any atom is -0.321 e. The molecule has 14 heavy (non-hydrogen) atoms. The number of rotatable bonds is 2. The highest BCUT2D eigenvalue weighted by atomic mass is 79.9. The van der Waals surface area contributed by atoms with Crippen molar-refractivity contribution in [3.8, 4) is 0 Å². The molecule has 2 N–H and O–H groups in total. The number of nitrogens with two attached hydrogens (primary N) is 1. The molecule has 1 aromatic carbocycles. The molecule has 2 rings (SSSR count). The Labute approximate surface area is 93.8 Å². The van der Waals surface area contributed by atoms with Crippen LogP contribution in [0.4, 0.5) is 0 Å². The van der Waals surface area contributed by atoms with E-state index in [4.69, 9.17) is 5.73 Å². The van der Waals surface area contributed by atoms with Gasteiger partial charge in [0.15, 0.2) is 0 Å². The standard InChI is InChI=1S/C12H16BrN/c1-2-9-6-10(8-11(13)7-9)12(14)4-3-5-12/h6-8H,2-5,14H2,1H3. The van der Waals surface area contributed by atoms with E-state index in [0.29, 0.717) is 0 Å². The van der Waals surface area contributed by atoms with Gasteiger partial charge >= 0.3 is 0 Å². The van der Waals surface area contributed by atoms with Crippen molar-refractivity contribution >= 4 is 15.9 Å². The highest BCUT2D eigenvalue weighted by Gasteiger charge is 2.34. The van der Waals surface area contributed by atoms with Gasteiger partial charge in [-0.15, -0.1) is 0 Å². The molecule has 0 heterocycles. The van der Waals surface area contributed by atoms with E-state index in [9.17, 15) is 0 Å². The summed E-state index contributed by atoms with van der Waals surface area (Å²) in [6, 6.07) is 6.59. The molecule has 0 atom stereocenters. The molecule has 1 aromatic rings. The van der Waals surface area contributed by atoms with Gasteiger partial charge < -0.3 is 5.73 Å². The summed E-state index contributed by atoms with van der Waals surface area (Å²) in [6.07, 6.45) is 4.60. The van der Waals surface area contributed by atoms with Crippen LogP contribution < -0.4 is 5.73 Å². The van der Waals surface area contributed by atoms with E-state index in [0.717, 1.165) is 23.7 Å². The zero-order valence-electron chi connectivity index (χ0n) is 8.52. The summed E-state index contributed by atoms with van der Waals surface area (Å²) in [4.78, 5) is 0. The van der Waals surface area contributed by atoms with Crippen LogP contribution in [0, 0.1) is 0 Å². The van der Waals surface area contributed by atoms with Gasteiger partial charge in [0.25, 0.3) is 0 Å². The van der Waals surface area contributed by atoms with E-state index in [1.807, 2.05) is 0 Å². The third-order valence-corrected chi connectivity index (χ3v) is 3.64. The number of hydrogen-bond donors (Lipinski definition) is 1. The topological polar surface area (TPSA) is 26.0 Å². The first-order chi connectivity index (χ1) is 6.64. The van der Waals surface area contributed by atoms with Crippen LogP contribution >= 0.6 is 15.9 Å². The Bertz CT molecular complexity index is 342. The summed E-state index contributed by atoms with van der Waals surface area (Å²) in [5, 5.41) is 0. The van der Waals surface area contributed by atoms with Crippen LogP contribution in [0.5, 0.6) is 0 Å². The molecule has 0 bridgehead atoms. The maximum absolute atomic E-state index is 6.30. The SMILES string of the molecule is CCc1cc(Br)cc(C2(N)CCC2)c1. The molecular formula is C12H16BrN. The monoisotopic (exact) mass is 253 g/mol. The third-order valence-electron chi connectivity index (χ3n) is 3.19. The first-order valence-electron chi connectivity index (χ1n) is 5.23. The van der Waals surface area contributed by atoms with Gasteiger partial charge in [0.1, 0.15) is 0 Å². The normalized spacial score (nSPS) is 19.1. The lowest BCUT2D eigenvalue weighted by Crippen LogP contribution is -2.43. The number of hydrogen-bond acceptors (Lipinski definition) is 1. The Morgan fingerprint density at radius 2 is 2.07 bits per heavy atom. The van der Waals surface area contributed by atoms with Gasteiger partial charge in [-0.1, -0.05) is 28.9 Å². The van der Waals surface area contributed by atoms with Gasteiger partial charge in [0.2, 0.25) is 0 Å². The maximum Gasteiger partial charge on any atom is 0.0410 e. The van der Waals surface area contributed by atoms with Crippen molar-refractivity contribution in [1.29, 1.82) is 0 Å². The molecular weight excluding hydrogens is 238 g/mol. The van der Waals surface area contributed by atoms with Crippen LogP contribution in [0.2, 0.25) is 0 Å². The molecule has 1 saturated carbocycles. The van der Waals surface area contributed by atoms with E-state index in [1.165, 1.54) is 17.5 Å². The second-order valence-corrected chi connectivity index (χ2v) is 5.13. The Morgan fingerprint density at radius 3 is 2.57 bits per heavy atom. The summed E-state index contributed by atoms with van der Waals surface area (Å²) in [6.45, 7) is 2.18. The zero-order valence-corrected chi connectivity index (χ0v) is 10.1. The Kier molecular flexibility index (Phi) is 2.67. The number of benzene rings is 1. The molecule has 1 nitrogen and oxygen atoms in total. The van der Waals surface area contributed by atoms with Gasteiger partial charge in [-0.05, 0) is 48.9 Å². The Hall–Kier alpha value is -0.340. The number of aryl methyl sites for hydroxylation is 1. The molecule has 0 aromatic heterocycles. The lowest BCUT2D eigenvalue weighted by Gasteiger charge is -2.39. The van der Waals surface area contributed by atoms with Crippen LogP contribution in [0.1, 0.15) is 37.3 Å². The summed E-state index contributed by atoms with van der Waals surface area (Å²) in [7, 11) is 0. The quantitative estimate of drug-likeness (QED) is 0.860. The zero-order chi connectivity index (χ0) is 10.2. The average Bonchev–Trinajstić information content (AvgIpc) is 2.13. The van der Waals surface area contributed by atoms with Crippen LogP contribution in [-0.2, 0) is 12.0 Å². The summed E-state index contributed by atoms with van der Waals surface area (Å²) in [5.41, 5.74) is 8.93. The van der Waals surface area contributed by atoms with Gasteiger partial charge in [0.05, 0.1) is 0 Å². The smallest absolute Gasteiger partial charge is 0.0410 e. The number of halogens is 1. The molecule has 0 amide bonds. The van der Waals surface area contributed by atoms with Crippen LogP contribution in [0.15, 0.2) is 22.7 Å².